The van der Waals surface area contributed by atoms with Crippen LogP contribution in [-0.4, -0.2) is 23.0 Å². The summed E-state index contributed by atoms with van der Waals surface area (Å²) in [6, 6.07) is 11.1. The summed E-state index contributed by atoms with van der Waals surface area (Å²) in [5.74, 6) is 0.538. The van der Waals surface area contributed by atoms with E-state index in [1.807, 2.05) is 38.1 Å². The molecule has 0 spiro atoms. The van der Waals surface area contributed by atoms with Gasteiger partial charge in [0.25, 0.3) is 11.5 Å². The van der Waals surface area contributed by atoms with E-state index in [9.17, 15) is 9.59 Å². The maximum Gasteiger partial charge on any atom is 0.263 e. The molecule has 0 saturated heterocycles. The third kappa shape index (κ3) is 4.62. The average Bonchev–Trinajstić information content (AvgIpc) is 3.08. The van der Waals surface area contributed by atoms with Gasteiger partial charge in [0, 0.05) is 23.2 Å². The molecular weight excluding hydrogens is 362 g/mol. The minimum Gasteiger partial charge on any atom is -0.497 e. The Morgan fingerprint density at radius 1 is 1.22 bits per heavy atom. The third-order valence-corrected chi connectivity index (χ3v) is 5.02. The number of carbonyl (C=O) groups excluding carboxylic acids is 1. The van der Waals surface area contributed by atoms with Crippen LogP contribution in [0.4, 0.5) is 5.13 Å². The monoisotopic (exact) mass is 383 g/mol. The van der Waals surface area contributed by atoms with Crippen molar-refractivity contribution in [3.05, 3.63) is 74.6 Å². The van der Waals surface area contributed by atoms with Crippen molar-refractivity contribution >= 4 is 22.4 Å². The fraction of sp³-hybridized carbons (Fsp3) is 0.250. The minimum atomic E-state index is -0.461. The van der Waals surface area contributed by atoms with Crippen molar-refractivity contribution in [2.45, 2.75) is 26.2 Å². The zero-order valence-corrected chi connectivity index (χ0v) is 16.2. The summed E-state index contributed by atoms with van der Waals surface area (Å²) < 4.78 is 5.15. The fourth-order valence-corrected chi connectivity index (χ4v) is 3.40. The SMILES string of the molecule is COc1ccc(Cc2cnc(NC(=O)c3ccc(C(C)C)[nH]c3=O)s2)cc1. The standard InChI is InChI=1S/C20H21N3O3S/c1-12(2)17-9-8-16(18(24)22-17)19(25)23-20-21-11-15(27-20)10-13-4-6-14(26-3)7-5-13/h4-9,11-12H,10H2,1-3H3,(H,22,24)(H,21,23,25). The Kier molecular flexibility index (Phi) is 5.71. The fourth-order valence-electron chi connectivity index (χ4n) is 2.56. The molecule has 1 aromatic carbocycles. The Bertz CT molecular complexity index is 990. The van der Waals surface area contributed by atoms with Crippen molar-refractivity contribution in [1.82, 2.24) is 9.97 Å². The van der Waals surface area contributed by atoms with Gasteiger partial charge < -0.3 is 9.72 Å². The molecule has 0 unspecified atom stereocenters. The molecule has 1 amide bonds. The van der Waals surface area contributed by atoms with Crippen molar-refractivity contribution in [2.75, 3.05) is 12.4 Å². The highest BCUT2D eigenvalue weighted by atomic mass is 32.1. The summed E-state index contributed by atoms with van der Waals surface area (Å²) in [6.07, 6.45) is 2.44. The first kappa shape index (κ1) is 18.8. The zero-order valence-electron chi connectivity index (χ0n) is 15.4. The summed E-state index contributed by atoms with van der Waals surface area (Å²) in [5, 5.41) is 3.17. The van der Waals surface area contributed by atoms with Crippen LogP contribution in [0.25, 0.3) is 0 Å². The molecule has 0 aliphatic rings. The number of hydrogen-bond donors (Lipinski definition) is 2. The molecule has 0 fully saturated rings. The van der Waals surface area contributed by atoms with Crippen LogP contribution in [0.5, 0.6) is 5.75 Å². The Hall–Kier alpha value is -2.93. The maximum absolute atomic E-state index is 12.4. The highest BCUT2D eigenvalue weighted by Gasteiger charge is 2.14. The number of rotatable bonds is 6. The van der Waals surface area contributed by atoms with Gasteiger partial charge >= 0.3 is 0 Å². The van der Waals surface area contributed by atoms with Crippen molar-refractivity contribution in [3.63, 3.8) is 0 Å². The number of anilines is 1. The number of nitrogens with zero attached hydrogens (tertiary/aromatic N) is 1. The lowest BCUT2D eigenvalue weighted by atomic mass is 10.1. The molecule has 2 heterocycles. The first-order chi connectivity index (χ1) is 13.0. The van der Waals surface area contributed by atoms with E-state index in [0.717, 1.165) is 21.9 Å². The number of hydrogen-bond acceptors (Lipinski definition) is 5. The number of ether oxygens (including phenoxy) is 1. The topological polar surface area (TPSA) is 84.1 Å². The van der Waals surface area contributed by atoms with Crippen LogP contribution in [0.1, 0.15) is 46.3 Å². The first-order valence-electron chi connectivity index (χ1n) is 8.58. The second kappa shape index (κ2) is 8.18. The van der Waals surface area contributed by atoms with Gasteiger partial charge in [-0.05, 0) is 35.7 Å². The van der Waals surface area contributed by atoms with E-state index in [2.05, 4.69) is 15.3 Å². The quantitative estimate of drug-likeness (QED) is 0.678. The van der Waals surface area contributed by atoms with Gasteiger partial charge in [-0.1, -0.05) is 26.0 Å². The highest BCUT2D eigenvalue weighted by molar-refractivity contribution is 7.15. The molecule has 0 radical (unpaired) electrons. The summed E-state index contributed by atoms with van der Waals surface area (Å²) in [4.78, 5) is 32.5. The first-order valence-corrected chi connectivity index (χ1v) is 9.40. The van der Waals surface area contributed by atoms with E-state index in [1.54, 1.807) is 25.4 Å². The summed E-state index contributed by atoms with van der Waals surface area (Å²) in [7, 11) is 1.63. The third-order valence-electron chi connectivity index (χ3n) is 4.11. The average molecular weight is 383 g/mol. The largest absolute Gasteiger partial charge is 0.497 e. The van der Waals surface area contributed by atoms with Gasteiger partial charge in [-0.2, -0.15) is 0 Å². The van der Waals surface area contributed by atoms with Crippen LogP contribution in [0.3, 0.4) is 0 Å². The van der Waals surface area contributed by atoms with E-state index < -0.39 is 11.5 Å². The van der Waals surface area contributed by atoms with Gasteiger partial charge in [0.05, 0.1) is 7.11 Å². The van der Waals surface area contributed by atoms with Crippen LogP contribution in [0.2, 0.25) is 0 Å². The minimum absolute atomic E-state index is 0.0753. The van der Waals surface area contributed by atoms with E-state index >= 15 is 0 Å². The lowest BCUT2D eigenvalue weighted by Gasteiger charge is -2.06. The highest BCUT2D eigenvalue weighted by Crippen LogP contribution is 2.22. The van der Waals surface area contributed by atoms with Gasteiger partial charge in [0.2, 0.25) is 0 Å². The normalized spacial score (nSPS) is 10.8. The number of aromatic nitrogens is 2. The van der Waals surface area contributed by atoms with Gasteiger partial charge in [-0.25, -0.2) is 4.98 Å². The molecule has 0 saturated carbocycles. The van der Waals surface area contributed by atoms with Gasteiger partial charge in [0.15, 0.2) is 5.13 Å². The molecule has 27 heavy (non-hydrogen) atoms. The van der Waals surface area contributed by atoms with E-state index in [0.29, 0.717) is 11.6 Å². The number of methoxy groups -OCH3 is 1. The number of amides is 1. The lowest BCUT2D eigenvalue weighted by Crippen LogP contribution is -2.24. The molecule has 7 heteroatoms. The molecule has 0 aliphatic heterocycles. The van der Waals surface area contributed by atoms with Crippen LogP contribution in [0, 0.1) is 0 Å². The van der Waals surface area contributed by atoms with Crippen LogP contribution < -0.4 is 15.6 Å². The molecule has 0 aliphatic carbocycles. The predicted octanol–water partition coefficient (Wildman–Crippen LogP) is 3.81. The Morgan fingerprint density at radius 2 is 1.96 bits per heavy atom. The second-order valence-corrected chi connectivity index (χ2v) is 7.54. The molecule has 140 valence electrons. The molecule has 0 atom stereocenters. The van der Waals surface area contributed by atoms with E-state index in [1.165, 1.54) is 11.3 Å². The number of aromatic amines is 1. The van der Waals surface area contributed by atoms with Crippen LogP contribution in [-0.2, 0) is 6.42 Å². The maximum atomic E-state index is 12.4. The number of carbonyl (C=O) groups is 1. The molecule has 0 bridgehead atoms. The Labute approximate surface area is 161 Å². The van der Waals surface area contributed by atoms with Gasteiger partial charge in [-0.3, -0.25) is 14.9 Å². The predicted molar refractivity (Wildman–Crippen MR) is 107 cm³/mol. The Morgan fingerprint density at radius 3 is 2.59 bits per heavy atom. The molecular formula is C20H21N3O3S. The lowest BCUT2D eigenvalue weighted by molar-refractivity contribution is 0.102. The van der Waals surface area contributed by atoms with Crippen molar-refractivity contribution in [2.24, 2.45) is 0 Å². The van der Waals surface area contributed by atoms with Crippen LogP contribution >= 0.6 is 11.3 Å². The number of benzene rings is 1. The number of H-pyrrole nitrogens is 1. The second-order valence-electron chi connectivity index (χ2n) is 6.42. The van der Waals surface area contributed by atoms with Crippen molar-refractivity contribution in [3.8, 4) is 5.75 Å². The number of pyridine rings is 1. The number of thiazole rings is 1. The summed E-state index contributed by atoms with van der Waals surface area (Å²) in [6.45, 7) is 3.95. The summed E-state index contributed by atoms with van der Waals surface area (Å²) >= 11 is 1.39. The molecule has 3 rings (SSSR count). The Balaban J connectivity index is 1.68. The van der Waals surface area contributed by atoms with E-state index in [-0.39, 0.29) is 11.5 Å². The summed E-state index contributed by atoms with van der Waals surface area (Å²) in [5.41, 5.74) is 1.60. The molecule has 2 aromatic heterocycles. The molecule has 2 N–H and O–H groups in total. The van der Waals surface area contributed by atoms with Crippen molar-refractivity contribution < 1.29 is 9.53 Å². The van der Waals surface area contributed by atoms with Crippen molar-refractivity contribution in [1.29, 1.82) is 0 Å². The smallest absolute Gasteiger partial charge is 0.263 e. The van der Waals surface area contributed by atoms with Gasteiger partial charge in [0.1, 0.15) is 11.3 Å². The molecule has 3 aromatic rings. The van der Waals surface area contributed by atoms with E-state index in [4.69, 9.17) is 4.74 Å². The van der Waals surface area contributed by atoms with Gasteiger partial charge in [-0.15, -0.1) is 11.3 Å². The van der Waals surface area contributed by atoms with Crippen LogP contribution in [0.15, 0.2) is 47.4 Å². The zero-order chi connectivity index (χ0) is 19.4. The number of nitrogens with one attached hydrogen (secondary N) is 2. The molecule has 6 nitrogen and oxygen atoms in total.